The molecule has 1 aromatic heterocycles. The molecular formula is C9H14N2O2S2. The molecule has 2 N–H and O–H groups in total. The Balaban J connectivity index is 2.17. The Labute approximate surface area is 97.2 Å². The lowest BCUT2D eigenvalue weighted by atomic mass is 10.4. The van der Waals surface area contributed by atoms with Crippen LogP contribution in [0.15, 0.2) is 11.6 Å². The van der Waals surface area contributed by atoms with Crippen LogP contribution in [0.2, 0.25) is 0 Å². The molecule has 1 atom stereocenters. The van der Waals surface area contributed by atoms with Gasteiger partial charge >= 0.3 is 5.97 Å². The highest BCUT2D eigenvalue weighted by atomic mass is 32.2. The molecule has 0 amide bonds. The highest BCUT2D eigenvalue weighted by Crippen LogP contribution is 2.14. The van der Waals surface area contributed by atoms with Gasteiger partial charge in [-0.2, -0.15) is 11.8 Å². The van der Waals surface area contributed by atoms with Gasteiger partial charge in [0.15, 0.2) is 0 Å². The molecule has 0 aliphatic heterocycles. The molecule has 0 aliphatic carbocycles. The zero-order valence-electron chi connectivity index (χ0n) is 8.51. The van der Waals surface area contributed by atoms with Crippen molar-refractivity contribution in [3.63, 3.8) is 0 Å². The van der Waals surface area contributed by atoms with E-state index in [-0.39, 0.29) is 5.97 Å². The van der Waals surface area contributed by atoms with E-state index < -0.39 is 6.04 Å². The fraction of sp³-hybridized carbons (Fsp3) is 0.556. The number of rotatable bonds is 6. The first kappa shape index (κ1) is 12.5. The number of carbonyl (C=O) groups is 1. The summed E-state index contributed by atoms with van der Waals surface area (Å²) < 4.78 is 4.80. The first-order valence-corrected chi connectivity index (χ1v) is 6.65. The molecular weight excluding hydrogens is 232 g/mol. The maximum atomic E-state index is 11.2. The smallest absolute Gasteiger partial charge is 0.323 e. The standard InChI is InChI=1S/C9H14N2O2S2/c1-2-13-9(12)7(10)5-14-6-8-11-3-4-15-8/h3-4,7H,2,5-6,10H2,1H3. The maximum Gasteiger partial charge on any atom is 0.323 e. The van der Waals surface area contributed by atoms with E-state index in [1.165, 1.54) is 0 Å². The molecule has 1 rings (SSSR count). The molecule has 0 saturated heterocycles. The molecule has 0 aromatic carbocycles. The van der Waals surface area contributed by atoms with Crippen molar-refractivity contribution in [3.05, 3.63) is 16.6 Å². The van der Waals surface area contributed by atoms with Crippen LogP contribution in [-0.4, -0.2) is 29.4 Å². The van der Waals surface area contributed by atoms with Gasteiger partial charge in [0, 0.05) is 23.1 Å². The van der Waals surface area contributed by atoms with Crippen molar-refractivity contribution in [1.82, 2.24) is 4.98 Å². The minimum atomic E-state index is -0.532. The number of nitrogens with zero attached hydrogens (tertiary/aromatic N) is 1. The van der Waals surface area contributed by atoms with Gasteiger partial charge in [0.05, 0.1) is 6.61 Å². The highest BCUT2D eigenvalue weighted by molar-refractivity contribution is 7.98. The van der Waals surface area contributed by atoms with Crippen LogP contribution >= 0.6 is 23.1 Å². The summed E-state index contributed by atoms with van der Waals surface area (Å²) in [6, 6.07) is -0.532. The number of hydrogen-bond donors (Lipinski definition) is 1. The number of ether oxygens (including phenoxy) is 1. The fourth-order valence-electron chi connectivity index (χ4n) is 0.915. The van der Waals surface area contributed by atoms with Crippen molar-refractivity contribution in [2.45, 2.75) is 18.7 Å². The third-order valence-corrected chi connectivity index (χ3v) is 3.63. The van der Waals surface area contributed by atoms with Gasteiger partial charge in [-0.1, -0.05) is 0 Å². The predicted molar refractivity (Wildman–Crippen MR) is 62.9 cm³/mol. The monoisotopic (exact) mass is 246 g/mol. The molecule has 15 heavy (non-hydrogen) atoms. The van der Waals surface area contributed by atoms with Crippen LogP contribution in [-0.2, 0) is 15.3 Å². The van der Waals surface area contributed by atoms with Crippen LogP contribution in [0.4, 0.5) is 0 Å². The average molecular weight is 246 g/mol. The van der Waals surface area contributed by atoms with E-state index in [0.29, 0.717) is 12.4 Å². The van der Waals surface area contributed by atoms with E-state index >= 15 is 0 Å². The Morgan fingerprint density at radius 1 is 1.80 bits per heavy atom. The topological polar surface area (TPSA) is 65.2 Å². The number of aromatic nitrogens is 1. The van der Waals surface area contributed by atoms with Gasteiger partial charge in [-0.3, -0.25) is 4.79 Å². The molecule has 6 heteroatoms. The first-order valence-electron chi connectivity index (χ1n) is 4.62. The number of thioether (sulfide) groups is 1. The molecule has 0 saturated carbocycles. The molecule has 0 radical (unpaired) electrons. The summed E-state index contributed by atoms with van der Waals surface area (Å²) in [6.45, 7) is 2.15. The van der Waals surface area contributed by atoms with Crippen molar-refractivity contribution in [3.8, 4) is 0 Å². The lowest BCUT2D eigenvalue weighted by molar-refractivity contribution is -0.144. The minimum Gasteiger partial charge on any atom is -0.465 e. The lowest BCUT2D eigenvalue weighted by Crippen LogP contribution is -2.34. The second-order valence-electron chi connectivity index (χ2n) is 2.80. The largest absolute Gasteiger partial charge is 0.465 e. The Kier molecular flexibility index (Phi) is 5.67. The Hall–Kier alpha value is -0.590. The third-order valence-electron chi connectivity index (χ3n) is 1.60. The molecule has 1 unspecified atom stereocenters. The molecule has 0 bridgehead atoms. The number of carbonyl (C=O) groups excluding carboxylic acids is 1. The molecule has 84 valence electrons. The van der Waals surface area contributed by atoms with Gasteiger partial charge < -0.3 is 10.5 Å². The minimum absolute atomic E-state index is 0.330. The second kappa shape index (κ2) is 6.81. The lowest BCUT2D eigenvalue weighted by Gasteiger charge is -2.09. The summed E-state index contributed by atoms with van der Waals surface area (Å²) in [7, 11) is 0. The summed E-state index contributed by atoms with van der Waals surface area (Å²) in [5, 5.41) is 2.98. The molecule has 4 nitrogen and oxygen atoms in total. The number of nitrogens with two attached hydrogens (primary N) is 1. The predicted octanol–water partition coefficient (Wildman–Crippen LogP) is 1.27. The van der Waals surface area contributed by atoms with Crippen LogP contribution in [0.1, 0.15) is 11.9 Å². The normalized spacial score (nSPS) is 12.4. The molecule has 0 fully saturated rings. The molecule has 1 aromatic rings. The highest BCUT2D eigenvalue weighted by Gasteiger charge is 2.14. The van der Waals surface area contributed by atoms with Crippen LogP contribution < -0.4 is 5.73 Å². The molecule has 1 heterocycles. The van der Waals surface area contributed by atoms with E-state index in [1.807, 2.05) is 5.38 Å². The van der Waals surface area contributed by atoms with Gasteiger partial charge in [-0.15, -0.1) is 11.3 Å². The quantitative estimate of drug-likeness (QED) is 0.766. The van der Waals surface area contributed by atoms with Gasteiger partial charge in [0.2, 0.25) is 0 Å². The zero-order chi connectivity index (χ0) is 11.1. The van der Waals surface area contributed by atoms with Crippen molar-refractivity contribution < 1.29 is 9.53 Å². The van der Waals surface area contributed by atoms with Crippen molar-refractivity contribution >= 4 is 29.1 Å². The van der Waals surface area contributed by atoms with Gasteiger partial charge in [-0.25, -0.2) is 4.98 Å². The van der Waals surface area contributed by atoms with Gasteiger partial charge in [0.25, 0.3) is 0 Å². The van der Waals surface area contributed by atoms with Gasteiger partial charge in [-0.05, 0) is 6.92 Å². The second-order valence-corrected chi connectivity index (χ2v) is 4.81. The average Bonchev–Trinajstić information content (AvgIpc) is 2.71. The van der Waals surface area contributed by atoms with Gasteiger partial charge in [0.1, 0.15) is 11.0 Å². The Morgan fingerprint density at radius 2 is 2.60 bits per heavy atom. The van der Waals surface area contributed by atoms with Crippen LogP contribution in [0.5, 0.6) is 0 Å². The van der Waals surface area contributed by atoms with E-state index in [1.54, 1.807) is 36.2 Å². The Morgan fingerprint density at radius 3 is 3.20 bits per heavy atom. The van der Waals surface area contributed by atoms with E-state index in [4.69, 9.17) is 10.5 Å². The van der Waals surface area contributed by atoms with E-state index in [9.17, 15) is 4.79 Å². The fourth-order valence-corrected chi connectivity index (χ4v) is 2.59. The SMILES string of the molecule is CCOC(=O)C(N)CSCc1nccs1. The summed E-state index contributed by atoms with van der Waals surface area (Å²) in [4.78, 5) is 15.3. The van der Waals surface area contributed by atoms with Crippen LogP contribution in [0.25, 0.3) is 0 Å². The number of esters is 1. The zero-order valence-corrected chi connectivity index (χ0v) is 10.1. The van der Waals surface area contributed by atoms with E-state index in [2.05, 4.69) is 4.98 Å². The number of hydrogen-bond acceptors (Lipinski definition) is 6. The van der Waals surface area contributed by atoms with Crippen molar-refractivity contribution in [2.24, 2.45) is 5.73 Å². The van der Waals surface area contributed by atoms with Crippen LogP contribution in [0.3, 0.4) is 0 Å². The molecule has 0 aliphatic rings. The summed E-state index contributed by atoms with van der Waals surface area (Å²) in [6.07, 6.45) is 1.77. The van der Waals surface area contributed by atoms with Crippen LogP contribution in [0, 0.1) is 0 Å². The first-order chi connectivity index (χ1) is 7.24. The summed E-state index contributed by atoms with van der Waals surface area (Å²) in [5.41, 5.74) is 5.63. The van der Waals surface area contributed by atoms with E-state index in [0.717, 1.165) is 10.8 Å². The molecule has 0 spiro atoms. The summed E-state index contributed by atoms with van der Waals surface area (Å²) in [5.74, 6) is 1.03. The number of thiazole rings is 1. The van der Waals surface area contributed by atoms with Crippen molar-refractivity contribution in [1.29, 1.82) is 0 Å². The maximum absolute atomic E-state index is 11.2. The van der Waals surface area contributed by atoms with Crippen molar-refractivity contribution in [2.75, 3.05) is 12.4 Å². The third kappa shape index (κ3) is 4.63. The summed E-state index contributed by atoms with van der Waals surface area (Å²) >= 11 is 3.20. The Bertz CT molecular complexity index is 290.